The van der Waals surface area contributed by atoms with Crippen molar-refractivity contribution >= 4 is 39.5 Å². The van der Waals surface area contributed by atoms with Gasteiger partial charge in [-0.3, -0.25) is 9.59 Å². The Kier molecular flexibility index (Phi) is 6.55. The van der Waals surface area contributed by atoms with Crippen LogP contribution in [-0.2, 0) is 9.59 Å². The number of benzene rings is 1. The number of aryl methyl sites for hydroxylation is 1. The number of pyridine rings is 1. The van der Waals surface area contributed by atoms with E-state index in [-0.39, 0.29) is 23.0 Å². The second-order valence-corrected chi connectivity index (χ2v) is 8.58. The van der Waals surface area contributed by atoms with Gasteiger partial charge >= 0.3 is 0 Å². The first-order chi connectivity index (χ1) is 13.0. The lowest BCUT2D eigenvalue weighted by Crippen LogP contribution is -2.35. The van der Waals surface area contributed by atoms with Gasteiger partial charge in [-0.15, -0.1) is 0 Å². The third-order valence-electron chi connectivity index (χ3n) is 4.67. The molecular weight excluding hydrogens is 426 g/mol. The lowest BCUT2D eigenvalue weighted by molar-refractivity contribution is -0.130. The summed E-state index contributed by atoms with van der Waals surface area (Å²) < 4.78 is 0.917. The van der Waals surface area contributed by atoms with E-state index in [1.807, 2.05) is 43.3 Å². The lowest BCUT2D eigenvalue weighted by Gasteiger charge is -2.24. The van der Waals surface area contributed by atoms with E-state index in [1.165, 1.54) is 11.8 Å². The highest BCUT2D eigenvalue weighted by molar-refractivity contribution is 9.10. The highest BCUT2D eigenvalue weighted by atomic mass is 79.9. The molecule has 0 bridgehead atoms. The van der Waals surface area contributed by atoms with Gasteiger partial charge in [0.1, 0.15) is 10.3 Å². The number of carbonyl (C=O) groups excluding carboxylic acids is 2. The van der Waals surface area contributed by atoms with Crippen molar-refractivity contribution in [1.82, 2.24) is 15.2 Å². The highest BCUT2D eigenvalue weighted by Gasteiger charge is 2.35. The van der Waals surface area contributed by atoms with Crippen molar-refractivity contribution in [3.63, 3.8) is 0 Å². The van der Waals surface area contributed by atoms with Crippen molar-refractivity contribution in [1.29, 1.82) is 0 Å². The molecule has 1 aliphatic heterocycles. The van der Waals surface area contributed by atoms with E-state index in [4.69, 9.17) is 0 Å². The third kappa shape index (κ3) is 4.71. The van der Waals surface area contributed by atoms with Gasteiger partial charge in [0.2, 0.25) is 11.8 Å². The Hall–Kier alpha value is -1.86. The minimum Gasteiger partial charge on any atom is -0.359 e. The van der Waals surface area contributed by atoms with Crippen LogP contribution in [0.5, 0.6) is 0 Å². The summed E-state index contributed by atoms with van der Waals surface area (Å²) in [4.78, 5) is 31.5. The fraction of sp³-hybridized carbons (Fsp3) is 0.350. The van der Waals surface area contributed by atoms with Gasteiger partial charge in [0, 0.05) is 30.8 Å². The van der Waals surface area contributed by atoms with Crippen LogP contribution in [0.1, 0.15) is 22.8 Å². The van der Waals surface area contributed by atoms with Gasteiger partial charge in [-0.2, -0.15) is 0 Å². The molecule has 1 N–H and O–H groups in total. The van der Waals surface area contributed by atoms with Gasteiger partial charge in [0.25, 0.3) is 0 Å². The normalized spacial score (nSPS) is 17.6. The first kappa shape index (κ1) is 19.9. The molecule has 2 heterocycles. The monoisotopic (exact) mass is 447 g/mol. The molecule has 1 fully saturated rings. The van der Waals surface area contributed by atoms with E-state index < -0.39 is 0 Å². The molecule has 5 nitrogen and oxygen atoms in total. The standard InChI is InChI=1S/C20H22BrN3O2S/c1-13-10-16(21)11-23-19(13)27-17(14-6-4-3-5-7-14)20(26)24-9-8-15(12-24)18(25)22-2/h3-7,10-11,15,17H,8-9,12H2,1-2H3,(H,22,25)/t15-,17?/m0/s1. The van der Waals surface area contributed by atoms with Crippen molar-refractivity contribution in [2.45, 2.75) is 23.6 Å². The molecule has 0 radical (unpaired) electrons. The minimum atomic E-state index is -0.387. The lowest BCUT2D eigenvalue weighted by atomic mass is 10.1. The quantitative estimate of drug-likeness (QED) is 0.711. The number of carbonyl (C=O) groups is 2. The number of nitrogens with one attached hydrogen (secondary N) is 1. The topological polar surface area (TPSA) is 62.3 Å². The van der Waals surface area contributed by atoms with Gasteiger partial charge in [-0.05, 0) is 46.5 Å². The molecule has 1 unspecified atom stereocenters. The van der Waals surface area contributed by atoms with E-state index in [0.29, 0.717) is 19.5 Å². The maximum Gasteiger partial charge on any atom is 0.240 e. The molecule has 2 atom stereocenters. The van der Waals surface area contributed by atoms with Crippen LogP contribution in [0.2, 0.25) is 0 Å². The number of nitrogens with zero attached hydrogens (tertiary/aromatic N) is 2. The number of hydrogen-bond donors (Lipinski definition) is 1. The molecule has 142 valence electrons. The Balaban J connectivity index is 1.84. The zero-order chi connectivity index (χ0) is 19.4. The predicted molar refractivity (Wildman–Crippen MR) is 110 cm³/mol. The zero-order valence-electron chi connectivity index (χ0n) is 15.3. The average molecular weight is 448 g/mol. The van der Waals surface area contributed by atoms with Gasteiger partial charge < -0.3 is 10.2 Å². The Bertz CT molecular complexity index is 831. The predicted octanol–water partition coefficient (Wildman–Crippen LogP) is 3.58. The van der Waals surface area contributed by atoms with Gasteiger partial charge in [-0.25, -0.2) is 4.98 Å². The fourth-order valence-electron chi connectivity index (χ4n) is 3.20. The summed E-state index contributed by atoms with van der Waals surface area (Å²) >= 11 is 4.90. The summed E-state index contributed by atoms with van der Waals surface area (Å²) in [6, 6.07) is 11.8. The molecule has 7 heteroatoms. The van der Waals surface area contributed by atoms with Crippen molar-refractivity contribution < 1.29 is 9.59 Å². The Morgan fingerprint density at radius 1 is 1.33 bits per heavy atom. The number of halogens is 1. The van der Waals surface area contributed by atoms with Crippen LogP contribution in [0.3, 0.4) is 0 Å². The summed E-state index contributed by atoms with van der Waals surface area (Å²) in [6.45, 7) is 3.06. The third-order valence-corrected chi connectivity index (χ3v) is 6.46. The van der Waals surface area contributed by atoms with Gasteiger partial charge in [0.15, 0.2) is 0 Å². The molecule has 1 aromatic heterocycles. The number of thioether (sulfide) groups is 1. The van der Waals surface area contributed by atoms with E-state index in [2.05, 4.69) is 26.2 Å². The second kappa shape index (κ2) is 8.89. The van der Waals surface area contributed by atoms with Crippen LogP contribution in [0.15, 0.2) is 52.1 Å². The zero-order valence-corrected chi connectivity index (χ0v) is 17.7. The molecule has 0 spiro atoms. The maximum atomic E-state index is 13.3. The Morgan fingerprint density at radius 3 is 2.74 bits per heavy atom. The summed E-state index contributed by atoms with van der Waals surface area (Å²) in [7, 11) is 1.64. The van der Waals surface area contributed by atoms with Crippen LogP contribution in [0.4, 0.5) is 0 Å². The number of likely N-dealkylation sites (tertiary alicyclic amines) is 1. The minimum absolute atomic E-state index is 0.000338. The van der Waals surface area contributed by atoms with E-state index in [0.717, 1.165) is 20.6 Å². The molecule has 2 amide bonds. The summed E-state index contributed by atoms with van der Waals surface area (Å²) in [5.41, 5.74) is 1.97. The van der Waals surface area contributed by atoms with Crippen molar-refractivity contribution in [3.8, 4) is 0 Å². The van der Waals surface area contributed by atoms with Crippen LogP contribution < -0.4 is 5.32 Å². The molecule has 1 aromatic carbocycles. The molecule has 3 rings (SSSR count). The molecule has 0 aliphatic carbocycles. The van der Waals surface area contributed by atoms with Crippen LogP contribution in [-0.4, -0.2) is 41.8 Å². The first-order valence-electron chi connectivity index (χ1n) is 8.83. The van der Waals surface area contributed by atoms with Crippen molar-refractivity contribution in [3.05, 3.63) is 58.2 Å². The number of aromatic nitrogens is 1. The van der Waals surface area contributed by atoms with Crippen LogP contribution >= 0.6 is 27.7 Å². The van der Waals surface area contributed by atoms with Crippen LogP contribution in [0, 0.1) is 12.8 Å². The van der Waals surface area contributed by atoms with Gasteiger partial charge in [0.05, 0.1) is 5.92 Å². The molecular formula is C20H22BrN3O2S. The molecule has 1 saturated heterocycles. The number of hydrogen-bond acceptors (Lipinski definition) is 4. The first-order valence-corrected chi connectivity index (χ1v) is 10.5. The molecule has 2 aromatic rings. The van der Waals surface area contributed by atoms with Crippen LogP contribution in [0.25, 0.3) is 0 Å². The second-order valence-electron chi connectivity index (χ2n) is 6.57. The average Bonchev–Trinajstić information content (AvgIpc) is 3.17. The molecule has 27 heavy (non-hydrogen) atoms. The fourth-order valence-corrected chi connectivity index (χ4v) is 4.77. The van der Waals surface area contributed by atoms with E-state index >= 15 is 0 Å². The summed E-state index contributed by atoms with van der Waals surface area (Å²) in [5, 5.41) is 3.13. The molecule has 1 aliphatic rings. The summed E-state index contributed by atoms with van der Waals surface area (Å²) in [5.74, 6) is -0.103. The summed E-state index contributed by atoms with van der Waals surface area (Å²) in [6.07, 6.45) is 2.45. The number of rotatable bonds is 5. The Labute approximate surface area is 172 Å². The molecule has 0 saturated carbocycles. The van der Waals surface area contributed by atoms with E-state index in [1.54, 1.807) is 18.1 Å². The van der Waals surface area contributed by atoms with Crippen molar-refractivity contribution in [2.24, 2.45) is 5.92 Å². The van der Waals surface area contributed by atoms with Crippen molar-refractivity contribution in [2.75, 3.05) is 20.1 Å². The maximum absolute atomic E-state index is 13.3. The highest BCUT2D eigenvalue weighted by Crippen LogP contribution is 2.38. The number of amides is 2. The smallest absolute Gasteiger partial charge is 0.240 e. The largest absolute Gasteiger partial charge is 0.359 e. The van der Waals surface area contributed by atoms with Gasteiger partial charge in [-0.1, -0.05) is 42.1 Å². The SMILES string of the molecule is CNC(=O)[C@H]1CCN(C(=O)C(Sc2ncc(Br)cc2C)c2ccccc2)C1. The Morgan fingerprint density at radius 2 is 2.07 bits per heavy atom. The van der Waals surface area contributed by atoms with E-state index in [9.17, 15) is 9.59 Å².